The standard InChI is InChI=1S/C19H18N2O4/c1-3-25-17(22)11-14-18-15(9-6-10-16(18)21(23)24)20-19(14)13-8-5-4-7-12(13)2/h4-10,20H,3,11H2,1-2H3. The number of benzene rings is 2. The lowest BCUT2D eigenvalue weighted by atomic mass is 9.99. The van der Waals surface area contributed by atoms with Gasteiger partial charge in [0.05, 0.1) is 34.5 Å². The summed E-state index contributed by atoms with van der Waals surface area (Å²) >= 11 is 0. The van der Waals surface area contributed by atoms with Crippen molar-refractivity contribution in [2.75, 3.05) is 6.61 Å². The Morgan fingerprint density at radius 1 is 1.20 bits per heavy atom. The molecule has 6 heteroatoms. The monoisotopic (exact) mass is 338 g/mol. The van der Waals surface area contributed by atoms with Crippen LogP contribution in [0.3, 0.4) is 0 Å². The molecule has 1 N–H and O–H groups in total. The number of esters is 1. The quantitative estimate of drug-likeness (QED) is 0.430. The lowest BCUT2D eigenvalue weighted by Gasteiger charge is -2.08. The molecule has 25 heavy (non-hydrogen) atoms. The largest absolute Gasteiger partial charge is 0.466 e. The first kappa shape index (κ1) is 16.7. The number of nitro groups is 1. The summed E-state index contributed by atoms with van der Waals surface area (Å²) in [5, 5.41) is 11.9. The van der Waals surface area contributed by atoms with Crippen LogP contribution < -0.4 is 0 Å². The molecule has 0 fully saturated rings. The van der Waals surface area contributed by atoms with E-state index in [9.17, 15) is 14.9 Å². The van der Waals surface area contributed by atoms with Gasteiger partial charge in [0, 0.05) is 17.2 Å². The number of hydrogen-bond acceptors (Lipinski definition) is 4. The summed E-state index contributed by atoms with van der Waals surface area (Å²) in [4.78, 5) is 26.4. The van der Waals surface area contributed by atoms with E-state index in [1.165, 1.54) is 6.07 Å². The third kappa shape index (κ3) is 3.10. The number of hydrogen-bond donors (Lipinski definition) is 1. The van der Waals surface area contributed by atoms with Crippen LogP contribution in [0.2, 0.25) is 0 Å². The highest BCUT2D eigenvalue weighted by Crippen LogP contribution is 2.37. The van der Waals surface area contributed by atoms with Gasteiger partial charge in [0.1, 0.15) is 0 Å². The third-order valence-electron chi connectivity index (χ3n) is 4.14. The minimum Gasteiger partial charge on any atom is -0.466 e. The van der Waals surface area contributed by atoms with Crippen molar-refractivity contribution < 1.29 is 14.5 Å². The number of aromatic nitrogens is 1. The predicted octanol–water partition coefficient (Wildman–Crippen LogP) is 4.16. The molecule has 3 aromatic rings. The fraction of sp³-hybridized carbons (Fsp3) is 0.211. The maximum atomic E-state index is 12.1. The molecule has 0 bridgehead atoms. The minimum atomic E-state index is -0.424. The van der Waals surface area contributed by atoms with Crippen molar-refractivity contribution in [1.29, 1.82) is 0 Å². The molecule has 0 unspecified atom stereocenters. The molecule has 0 saturated carbocycles. The van der Waals surface area contributed by atoms with Crippen molar-refractivity contribution in [3.8, 4) is 11.3 Å². The Bertz CT molecular complexity index is 959. The van der Waals surface area contributed by atoms with Gasteiger partial charge < -0.3 is 9.72 Å². The second-order valence-electron chi connectivity index (χ2n) is 5.73. The van der Waals surface area contributed by atoms with Gasteiger partial charge in [-0.05, 0) is 25.5 Å². The molecule has 0 saturated heterocycles. The molecule has 128 valence electrons. The highest BCUT2D eigenvalue weighted by Gasteiger charge is 2.24. The van der Waals surface area contributed by atoms with E-state index in [1.807, 2.05) is 31.2 Å². The van der Waals surface area contributed by atoms with Gasteiger partial charge in [0.2, 0.25) is 0 Å². The Morgan fingerprint density at radius 3 is 2.64 bits per heavy atom. The van der Waals surface area contributed by atoms with Gasteiger partial charge in [0.15, 0.2) is 0 Å². The Hall–Kier alpha value is -3.15. The molecular weight excluding hydrogens is 320 g/mol. The SMILES string of the molecule is CCOC(=O)Cc1c(-c2ccccc2C)[nH]c2cccc([N+](=O)[O-])c12. The Kier molecular flexibility index (Phi) is 4.52. The summed E-state index contributed by atoms with van der Waals surface area (Å²) in [6.45, 7) is 3.96. The molecule has 1 heterocycles. The van der Waals surface area contributed by atoms with E-state index >= 15 is 0 Å². The number of aryl methyl sites for hydroxylation is 1. The van der Waals surface area contributed by atoms with Gasteiger partial charge in [-0.3, -0.25) is 14.9 Å². The number of H-pyrrole nitrogens is 1. The summed E-state index contributed by atoms with van der Waals surface area (Å²) < 4.78 is 5.06. The van der Waals surface area contributed by atoms with Gasteiger partial charge in [-0.1, -0.05) is 30.3 Å². The zero-order valence-corrected chi connectivity index (χ0v) is 14.0. The summed E-state index contributed by atoms with van der Waals surface area (Å²) in [6.07, 6.45) is -0.0254. The van der Waals surface area contributed by atoms with Gasteiger partial charge >= 0.3 is 5.97 Å². The van der Waals surface area contributed by atoms with Crippen molar-refractivity contribution in [3.63, 3.8) is 0 Å². The van der Waals surface area contributed by atoms with Crippen LogP contribution in [0.4, 0.5) is 5.69 Å². The Morgan fingerprint density at radius 2 is 1.96 bits per heavy atom. The third-order valence-corrected chi connectivity index (χ3v) is 4.14. The van der Waals surface area contributed by atoms with Crippen molar-refractivity contribution in [2.24, 2.45) is 0 Å². The van der Waals surface area contributed by atoms with Gasteiger partial charge in [0.25, 0.3) is 5.69 Å². The van der Waals surface area contributed by atoms with Crippen LogP contribution in [-0.2, 0) is 16.0 Å². The zero-order valence-electron chi connectivity index (χ0n) is 14.0. The molecule has 3 rings (SSSR count). The van der Waals surface area contributed by atoms with Gasteiger partial charge in [-0.25, -0.2) is 0 Å². The molecule has 6 nitrogen and oxygen atoms in total. The molecular formula is C19H18N2O4. The first-order chi connectivity index (χ1) is 12.0. The first-order valence-electron chi connectivity index (χ1n) is 8.02. The van der Waals surface area contributed by atoms with E-state index in [1.54, 1.807) is 19.1 Å². The average molecular weight is 338 g/mol. The van der Waals surface area contributed by atoms with Crippen LogP contribution in [0.1, 0.15) is 18.1 Å². The number of aromatic amines is 1. The number of non-ortho nitro benzene ring substituents is 1. The second kappa shape index (κ2) is 6.76. The number of ether oxygens (including phenoxy) is 1. The number of fused-ring (bicyclic) bond motifs is 1. The summed E-state index contributed by atoms with van der Waals surface area (Å²) in [5.41, 5.74) is 3.85. The molecule has 0 aliphatic carbocycles. The maximum Gasteiger partial charge on any atom is 0.310 e. The van der Waals surface area contributed by atoms with Crippen LogP contribution in [0.25, 0.3) is 22.2 Å². The van der Waals surface area contributed by atoms with E-state index in [-0.39, 0.29) is 18.7 Å². The number of nitro benzene ring substituents is 1. The van der Waals surface area contributed by atoms with Crippen molar-refractivity contribution >= 4 is 22.6 Å². The smallest absolute Gasteiger partial charge is 0.310 e. The summed E-state index contributed by atoms with van der Waals surface area (Å²) in [6, 6.07) is 12.6. The highest BCUT2D eigenvalue weighted by molar-refractivity contribution is 5.99. The number of carbonyl (C=O) groups excluding carboxylic acids is 1. The van der Waals surface area contributed by atoms with Crippen LogP contribution in [0.5, 0.6) is 0 Å². The molecule has 0 aliphatic heterocycles. The van der Waals surface area contributed by atoms with Crippen LogP contribution in [0.15, 0.2) is 42.5 Å². The number of carbonyl (C=O) groups is 1. The molecule has 0 aliphatic rings. The van der Waals surface area contributed by atoms with Crippen LogP contribution >= 0.6 is 0 Å². The summed E-state index contributed by atoms with van der Waals surface area (Å²) in [5.74, 6) is -0.406. The normalized spacial score (nSPS) is 10.8. The van der Waals surface area contributed by atoms with E-state index < -0.39 is 10.9 Å². The maximum absolute atomic E-state index is 12.1. The first-order valence-corrected chi connectivity index (χ1v) is 8.02. The van der Waals surface area contributed by atoms with E-state index in [0.717, 1.165) is 16.8 Å². The fourth-order valence-corrected chi connectivity index (χ4v) is 3.07. The second-order valence-corrected chi connectivity index (χ2v) is 5.73. The van der Waals surface area contributed by atoms with Gasteiger partial charge in [-0.2, -0.15) is 0 Å². The van der Waals surface area contributed by atoms with Crippen molar-refractivity contribution in [2.45, 2.75) is 20.3 Å². The topological polar surface area (TPSA) is 85.2 Å². The highest BCUT2D eigenvalue weighted by atomic mass is 16.6. The molecule has 0 radical (unpaired) electrons. The zero-order chi connectivity index (χ0) is 18.0. The fourth-order valence-electron chi connectivity index (χ4n) is 3.07. The van der Waals surface area contributed by atoms with Crippen molar-refractivity contribution in [1.82, 2.24) is 4.98 Å². The van der Waals surface area contributed by atoms with E-state index in [2.05, 4.69) is 4.98 Å². The number of nitrogens with one attached hydrogen (secondary N) is 1. The molecule has 2 aromatic carbocycles. The Labute approximate surface area is 144 Å². The van der Waals surface area contributed by atoms with Gasteiger partial charge in [-0.15, -0.1) is 0 Å². The summed E-state index contributed by atoms with van der Waals surface area (Å²) in [7, 11) is 0. The van der Waals surface area contributed by atoms with Crippen molar-refractivity contribution in [3.05, 3.63) is 63.7 Å². The minimum absolute atomic E-state index is 0.0205. The lowest BCUT2D eigenvalue weighted by Crippen LogP contribution is -2.08. The van der Waals surface area contributed by atoms with Crippen LogP contribution in [-0.4, -0.2) is 22.5 Å². The van der Waals surface area contributed by atoms with Crippen LogP contribution in [0, 0.1) is 17.0 Å². The lowest BCUT2D eigenvalue weighted by molar-refractivity contribution is -0.383. The molecule has 0 atom stereocenters. The predicted molar refractivity (Wildman–Crippen MR) is 95.5 cm³/mol. The molecule has 0 spiro atoms. The van der Waals surface area contributed by atoms with E-state index in [4.69, 9.17) is 4.74 Å². The number of rotatable bonds is 5. The van der Waals surface area contributed by atoms with E-state index in [0.29, 0.717) is 16.5 Å². The number of nitrogens with zero attached hydrogens (tertiary/aromatic N) is 1. The molecule has 1 aromatic heterocycles. The molecule has 0 amide bonds. The Balaban J connectivity index is 2.29. The average Bonchev–Trinajstić information content (AvgIpc) is 2.93.